The fourth-order valence-corrected chi connectivity index (χ4v) is 3.62. The summed E-state index contributed by atoms with van der Waals surface area (Å²) < 4.78 is 0. The Kier molecular flexibility index (Phi) is 7.16. The molecule has 0 aromatic heterocycles. The van der Waals surface area contributed by atoms with Crippen LogP contribution in [0.2, 0.25) is 0 Å². The van der Waals surface area contributed by atoms with Crippen LogP contribution in [0.1, 0.15) is 70.6 Å². The van der Waals surface area contributed by atoms with Crippen molar-refractivity contribution in [2.24, 2.45) is 11.1 Å². The largest absolute Gasteiger partial charge is 0.353 e. The normalized spacial score (nSPS) is 23.4. The Labute approximate surface area is 123 Å². The van der Waals surface area contributed by atoms with E-state index < -0.39 is 0 Å². The summed E-state index contributed by atoms with van der Waals surface area (Å²) in [5, 5.41) is 3.23. The predicted molar refractivity (Wildman–Crippen MR) is 81.5 cm³/mol. The van der Waals surface area contributed by atoms with Gasteiger partial charge in [0.2, 0.25) is 5.91 Å². The van der Waals surface area contributed by atoms with Crippen molar-refractivity contribution in [2.75, 3.05) is 6.54 Å². The van der Waals surface area contributed by atoms with Crippen LogP contribution in [-0.2, 0) is 4.79 Å². The van der Waals surface area contributed by atoms with Crippen LogP contribution in [0, 0.1) is 5.41 Å². The first-order valence-corrected chi connectivity index (χ1v) is 7.74. The van der Waals surface area contributed by atoms with E-state index in [0.717, 1.165) is 12.8 Å². The lowest BCUT2D eigenvalue weighted by atomic mass is 9.71. The lowest BCUT2D eigenvalue weighted by Crippen LogP contribution is -2.42. The van der Waals surface area contributed by atoms with Gasteiger partial charge in [0.1, 0.15) is 0 Å². The molecule has 0 radical (unpaired) electrons. The zero-order valence-corrected chi connectivity index (χ0v) is 12.8. The van der Waals surface area contributed by atoms with Gasteiger partial charge in [0.25, 0.3) is 0 Å². The van der Waals surface area contributed by atoms with E-state index in [1.165, 1.54) is 51.4 Å². The van der Waals surface area contributed by atoms with Gasteiger partial charge in [-0.1, -0.05) is 38.5 Å². The Morgan fingerprint density at radius 3 is 2.21 bits per heavy atom. The van der Waals surface area contributed by atoms with Crippen LogP contribution in [0.4, 0.5) is 0 Å². The summed E-state index contributed by atoms with van der Waals surface area (Å²) in [4.78, 5) is 12.2. The molecule has 2 rings (SSSR count). The monoisotopic (exact) mass is 288 g/mol. The molecule has 0 bridgehead atoms. The number of hydrogen-bond donors (Lipinski definition) is 2. The van der Waals surface area contributed by atoms with Crippen LogP contribution in [0.15, 0.2) is 0 Å². The third-order valence-electron chi connectivity index (χ3n) is 4.85. The van der Waals surface area contributed by atoms with Gasteiger partial charge in [-0.2, -0.15) is 0 Å². The van der Waals surface area contributed by atoms with Gasteiger partial charge < -0.3 is 11.1 Å². The molecule has 2 aliphatic carbocycles. The molecule has 0 spiro atoms. The van der Waals surface area contributed by atoms with E-state index in [2.05, 4.69) is 5.32 Å². The molecule has 0 aromatic carbocycles. The minimum absolute atomic E-state index is 0. The highest BCUT2D eigenvalue weighted by molar-refractivity contribution is 5.85. The fraction of sp³-hybridized carbons (Fsp3) is 0.933. The smallest absolute Gasteiger partial charge is 0.220 e. The van der Waals surface area contributed by atoms with Gasteiger partial charge in [0.15, 0.2) is 0 Å². The Balaban J connectivity index is 0.00000180. The Bertz CT molecular complexity index is 271. The summed E-state index contributed by atoms with van der Waals surface area (Å²) in [5.41, 5.74) is 6.05. The second-order valence-corrected chi connectivity index (χ2v) is 6.34. The molecule has 112 valence electrons. The van der Waals surface area contributed by atoms with Gasteiger partial charge in [-0.25, -0.2) is 0 Å². The topological polar surface area (TPSA) is 55.1 Å². The first-order chi connectivity index (χ1) is 8.74. The van der Waals surface area contributed by atoms with Crippen LogP contribution in [0.3, 0.4) is 0 Å². The molecule has 3 nitrogen and oxygen atoms in total. The van der Waals surface area contributed by atoms with Crippen LogP contribution in [0.25, 0.3) is 0 Å². The van der Waals surface area contributed by atoms with Crippen molar-refractivity contribution >= 4 is 18.3 Å². The SMILES string of the molecule is Cl.NCC1(CC(=O)NC2CCCCC2)CCCCC1. The number of hydrogen-bond acceptors (Lipinski definition) is 2. The van der Waals surface area contributed by atoms with Crippen molar-refractivity contribution in [1.82, 2.24) is 5.32 Å². The highest BCUT2D eigenvalue weighted by atomic mass is 35.5. The summed E-state index contributed by atoms with van der Waals surface area (Å²) >= 11 is 0. The average Bonchev–Trinajstić information content (AvgIpc) is 2.41. The number of carbonyl (C=O) groups excluding carboxylic acids is 1. The summed E-state index contributed by atoms with van der Waals surface area (Å²) in [6.07, 6.45) is 12.9. The number of rotatable bonds is 4. The van der Waals surface area contributed by atoms with Crippen molar-refractivity contribution in [1.29, 1.82) is 0 Å². The third kappa shape index (κ3) is 4.96. The van der Waals surface area contributed by atoms with E-state index in [0.29, 0.717) is 19.0 Å². The second-order valence-electron chi connectivity index (χ2n) is 6.34. The Hall–Kier alpha value is -0.280. The molecule has 0 aliphatic heterocycles. The minimum Gasteiger partial charge on any atom is -0.353 e. The van der Waals surface area contributed by atoms with E-state index >= 15 is 0 Å². The maximum Gasteiger partial charge on any atom is 0.220 e. The third-order valence-corrected chi connectivity index (χ3v) is 4.85. The Morgan fingerprint density at radius 2 is 1.63 bits per heavy atom. The number of nitrogens with one attached hydrogen (secondary N) is 1. The molecule has 0 aromatic rings. The van der Waals surface area contributed by atoms with Crippen LogP contribution in [-0.4, -0.2) is 18.5 Å². The fourth-order valence-electron chi connectivity index (χ4n) is 3.62. The molecule has 2 fully saturated rings. The minimum atomic E-state index is 0. The number of amides is 1. The number of carbonyl (C=O) groups is 1. The Morgan fingerprint density at radius 1 is 1.05 bits per heavy atom. The van der Waals surface area contributed by atoms with E-state index in [1.807, 2.05) is 0 Å². The molecule has 2 aliphatic rings. The van der Waals surface area contributed by atoms with Gasteiger partial charge in [-0.3, -0.25) is 4.79 Å². The molecule has 0 atom stereocenters. The first-order valence-electron chi connectivity index (χ1n) is 7.74. The second kappa shape index (κ2) is 8.11. The zero-order valence-electron chi connectivity index (χ0n) is 12.0. The molecular weight excluding hydrogens is 260 g/mol. The molecule has 1 amide bonds. The molecule has 0 saturated heterocycles. The van der Waals surface area contributed by atoms with Gasteiger partial charge in [0.05, 0.1) is 0 Å². The predicted octanol–water partition coefficient (Wildman–Crippen LogP) is 3.16. The highest BCUT2D eigenvalue weighted by Crippen LogP contribution is 2.38. The van der Waals surface area contributed by atoms with Crippen molar-refractivity contribution in [3.8, 4) is 0 Å². The van der Waals surface area contributed by atoms with Crippen LogP contribution in [0.5, 0.6) is 0 Å². The summed E-state index contributed by atoms with van der Waals surface area (Å²) in [5.74, 6) is 0.245. The zero-order chi connectivity index (χ0) is 12.8. The molecule has 19 heavy (non-hydrogen) atoms. The maximum atomic E-state index is 12.2. The molecule has 2 saturated carbocycles. The lowest BCUT2D eigenvalue weighted by molar-refractivity contribution is -0.124. The van der Waals surface area contributed by atoms with E-state index in [-0.39, 0.29) is 23.7 Å². The van der Waals surface area contributed by atoms with Gasteiger partial charge in [0, 0.05) is 12.5 Å². The quantitative estimate of drug-likeness (QED) is 0.835. The lowest BCUT2D eigenvalue weighted by Gasteiger charge is -2.36. The molecule has 0 heterocycles. The van der Waals surface area contributed by atoms with Gasteiger partial charge in [-0.15, -0.1) is 12.4 Å². The summed E-state index contributed by atoms with van der Waals surface area (Å²) in [7, 11) is 0. The summed E-state index contributed by atoms with van der Waals surface area (Å²) in [6.45, 7) is 0.672. The van der Waals surface area contributed by atoms with E-state index in [4.69, 9.17) is 5.73 Å². The number of nitrogens with two attached hydrogens (primary N) is 1. The number of halogens is 1. The van der Waals surface area contributed by atoms with E-state index in [9.17, 15) is 4.79 Å². The van der Waals surface area contributed by atoms with Crippen molar-refractivity contribution in [2.45, 2.75) is 76.7 Å². The molecule has 0 unspecified atom stereocenters. The summed E-state index contributed by atoms with van der Waals surface area (Å²) in [6, 6.07) is 0.435. The highest BCUT2D eigenvalue weighted by Gasteiger charge is 2.33. The molecule has 3 N–H and O–H groups in total. The average molecular weight is 289 g/mol. The van der Waals surface area contributed by atoms with E-state index in [1.54, 1.807) is 0 Å². The van der Waals surface area contributed by atoms with Crippen molar-refractivity contribution in [3.63, 3.8) is 0 Å². The van der Waals surface area contributed by atoms with Crippen molar-refractivity contribution in [3.05, 3.63) is 0 Å². The van der Waals surface area contributed by atoms with Gasteiger partial charge >= 0.3 is 0 Å². The standard InChI is InChI=1S/C15H28N2O.ClH/c16-12-15(9-5-2-6-10-15)11-14(18)17-13-7-3-1-4-8-13;/h13H,1-12,16H2,(H,17,18);1H. The molecular formula is C15H29ClN2O. The van der Waals surface area contributed by atoms with Gasteiger partial charge in [-0.05, 0) is 37.6 Å². The molecule has 4 heteroatoms. The van der Waals surface area contributed by atoms with Crippen LogP contribution >= 0.6 is 12.4 Å². The van der Waals surface area contributed by atoms with Crippen LogP contribution < -0.4 is 11.1 Å². The first kappa shape index (κ1) is 16.8. The van der Waals surface area contributed by atoms with Crippen molar-refractivity contribution < 1.29 is 4.79 Å². The maximum absolute atomic E-state index is 12.2.